The van der Waals surface area contributed by atoms with Gasteiger partial charge in [-0.15, -0.1) is 0 Å². The smallest absolute Gasteiger partial charge is 0.189 e. The molecule has 0 amide bonds. The van der Waals surface area contributed by atoms with Crippen molar-refractivity contribution in [1.29, 1.82) is 0 Å². The van der Waals surface area contributed by atoms with Gasteiger partial charge in [0.25, 0.3) is 0 Å². The van der Waals surface area contributed by atoms with Crippen LogP contribution >= 0.6 is 0 Å². The highest BCUT2D eigenvalue weighted by atomic mass is 16.7. The minimum atomic E-state index is -0.179. The number of nitrogens with one attached hydrogen (secondary N) is 1. The van der Waals surface area contributed by atoms with Crippen LogP contribution in [0.1, 0.15) is 48.6 Å². The number of benzene rings is 3. The molecular weight excluding hydrogens is 454 g/mol. The van der Waals surface area contributed by atoms with E-state index in [1.165, 1.54) is 0 Å². The van der Waals surface area contributed by atoms with Crippen LogP contribution in [-0.4, -0.2) is 24.5 Å². The second-order valence-electron chi connectivity index (χ2n) is 10.1. The number of ether oxygens (including phenoxy) is 4. The normalized spacial score (nSPS) is 17.9. The average Bonchev–Trinajstić information content (AvgIpc) is 2.83. The summed E-state index contributed by atoms with van der Waals surface area (Å²) in [5.41, 5.74) is 8.77. The average molecular weight is 484 g/mol. The molecule has 6 heteroatoms. The summed E-state index contributed by atoms with van der Waals surface area (Å²) in [5.74, 6) is 2.62. The molecule has 2 N–H and O–H groups in total. The highest BCUT2D eigenvalue weighted by Crippen LogP contribution is 2.54. The summed E-state index contributed by atoms with van der Waals surface area (Å²) in [6.07, 6.45) is 4.28. The van der Waals surface area contributed by atoms with E-state index in [1.54, 1.807) is 19.2 Å². The zero-order valence-corrected chi connectivity index (χ0v) is 21.1. The molecule has 0 spiro atoms. The predicted molar refractivity (Wildman–Crippen MR) is 141 cm³/mol. The Morgan fingerprint density at radius 1 is 1.06 bits per heavy atom. The van der Waals surface area contributed by atoms with Gasteiger partial charge in [0.05, 0.1) is 24.8 Å². The number of hydrogen-bond acceptors (Lipinski definition) is 6. The number of anilines is 1. The third-order valence-corrected chi connectivity index (χ3v) is 6.84. The summed E-state index contributed by atoms with van der Waals surface area (Å²) in [6, 6.07) is 11.7. The molecule has 0 radical (unpaired) electrons. The SMILES string of the molecule is COc1c(O)ccc2c1-c1ccc3c(c1C(=Cc1cc(C)cc4c1OCOC4)O2)C(C)=CC(C)(C)N3. The van der Waals surface area contributed by atoms with Gasteiger partial charge < -0.3 is 29.4 Å². The highest BCUT2D eigenvalue weighted by molar-refractivity contribution is 6.02. The first-order valence-corrected chi connectivity index (χ1v) is 12.0. The Bertz CT molecular complexity index is 1480. The lowest BCUT2D eigenvalue weighted by Crippen LogP contribution is -2.32. The van der Waals surface area contributed by atoms with E-state index in [0.29, 0.717) is 23.9 Å². The molecule has 0 atom stereocenters. The number of phenolic OH excluding ortho intramolecular Hbond substituents is 1. The van der Waals surface area contributed by atoms with Crippen molar-refractivity contribution in [1.82, 2.24) is 0 Å². The molecule has 0 bridgehead atoms. The van der Waals surface area contributed by atoms with Crippen molar-refractivity contribution in [3.05, 3.63) is 70.3 Å². The van der Waals surface area contributed by atoms with Crippen molar-refractivity contribution >= 4 is 23.1 Å². The summed E-state index contributed by atoms with van der Waals surface area (Å²) >= 11 is 0. The monoisotopic (exact) mass is 483 g/mol. The van der Waals surface area contributed by atoms with Gasteiger partial charge in [0, 0.05) is 33.5 Å². The van der Waals surface area contributed by atoms with Crippen molar-refractivity contribution in [3.8, 4) is 34.1 Å². The fourth-order valence-electron chi connectivity index (χ4n) is 5.61. The quantitative estimate of drug-likeness (QED) is 0.421. The maximum Gasteiger partial charge on any atom is 0.189 e. The van der Waals surface area contributed by atoms with E-state index in [1.807, 2.05) is 6.08 Å². The van der Waals surface area contributed by atoms with Gasteiger partial charge in [-0.1, -0.05) is 18.2 Å². The molecule has 3 heterocycles. The highest BCUT2D eigenvalue weighted by Gasteiger charge is 2.33. The molecule has 3 aliphatic rings. The molecule has 0 unspecified atom stereocenters. The molecule has 0 saturated heterocycles. The first-order valence-electron chi connectivity index (χ1n) is 12.0. The van der Waals surface area contributed by atoms with Crippen LogP contribution in [-0.2, 0) is 11.3 Å². The first-order chi connectivity index (χ1) is 17.3. The molecule has 184 valence electrons. The van der Waals surface area contributed by atoms with Gasteiger partial charge in [0.1, 0.15) is 17.3 Å². The second kappa shape index (κ2) is 8.07. The van der Waals surface area contributed by atoms with Crippen LogP contribution in [0.2, 0.25) is 0 Å². The molecule has 0 aliphatic carbocycles. The standard InChI is InChI=1S/C30H29NO5/c1-16-10-18(28-19(11-16)14-34-15-35-28)12-24-26-20(27-23(36-24)9-8-22(32)29(27)33-5)6-7-21-25(26)17(2)13-30(3,4)31-21/h6-13,31-32H,14-15H2,1-5H3. The van der Waals surface area contributed by atoms with Gasteiger partial charge in [0.15, 0.2) is 18.3 Å². The third-order valence-electron chi connectivity index (χ3n) is 6.84. The lowest BCUT2D eigenvalue weighted by atomic mass is 9.82. The van der Waals surface area contributed by atoms with Crippen molar-refractivity contribution in [2.24, 2.45) is 0 Å². The topological polar surface area (TPSA) is 69.2 Å². The van der Waals surface area contributed by atoms with Crippen LogP contribution in [0.3, 0.4) is 0 Å². The summed E-state index contributed by atoms with van der Waals surface area (Å²) in [4.78, 5) is 0. The fourth-order valence-corrected chi connectivity index (χ4v) is 5.61. The third kappa shape index (κ3) is 3.52. The van der Waals surface area contributed by atoms with Gasteiger partial charge in [-0.2, -0.15) is 0 Å². The summed E-state index contributed by atoms with van der Waals surface area (Å²) < 4.78 is 23.7. The van der Waals surface area contributed by atoms with Crippen LogP contribution < -0.4 is 19.5 Å². The number of hydrogen-bond donors (Lipinski definition) is 2. The molecule has 3 aromatic rings. The Morgan fingerprint density at radius 3 is 2.69 bits per heavy atom. The van der Waals surface area contributed by atoms with Gasteiger partial charge in [-0.3, -0.25) is 0 Å². The van der Waals surface area contributed by atoms with Crippen molar-refractivity contribution < 1.29 is 24.1 Å². The fraction of sp³-hybridized carbons (Fsp3) is 0.267. The van der Waals surface area contributed by atoms with Crippen LogP contribution in [0.25, 0.3) is 28.5 Å². The predicted octanol–water partition coefficient (Wildman–Crippen LogP) is 6.74. The molecule has 0 fully saturated rings. The van der Waals surface area contributed by atoms with E-state index >= 15 is 0 Å². The van der Waals surface area contributed by atoms with Crippen LogP contribution in [0, 0.1) is 6.92 Å². The molecular formula is C30H29NO5. The van der Waals surface area contributed by atoms with E-state index in [0.717, 1.165) is 56.0 Å². The largest absolute Gasteiger partial charge is 0.504 e. The zero-order valence-electron chi connectivity index (χ0n) is 21.1. The van der Waals surface area contributed by atoms with Crippen LogP contribution in [0.4, 0.5) is 5.69 Å². The van der Waals surface area contributed by atoms with Crippen LogP contribution in [0.5, 0.6) is 23.0 Å². The van der Waals surface area contributed by atoms with Gasteiger partial charge in [-0.05, 0) is 69.2 Å². The second-order valence-corrected chi connectivity index (χ2v) is 10.1. The Kier molecular flexibility index (Phi) is 5.05. The van der Waals surface area contributed by atoms with Crippen molar-refractivity contribution in [2.75, 3.05) is 19.2 Å². The van der Waals surface area contributed by atoms with Crippen LogP contribution in [0.15, 0.2) is 42.5 Å². The maximum atomic E-state index is 10.6. The van der Waals surface area contributed by atoms with E-state index in [2.05, 4.69) is 63.4 Å². The molecule has 36 heavy (non-hydrogen) atoms. The van der Waals surface area contributed by atoms with E-state index < -0.39 is 0 Å². The van der Waals surface area contributed by atoms with Gasteiger partial charge >= 0.3 is 0 Å². The Hall–Kier alpha value is -3.90. The molecule has 0 saturated carbocycles. The van der Waals surface area contributed by atoms with Crippen molar-refractivity contribution in [2.45, 2.75) is 39.8 Å². The van der Waals surface area contributed by atoms with Crippen molar-refractivity contribution in [3.63, 3.8) is 0 Å². The number of rotatable bonds is 2. The van der Waals surface area contributed by atoms with Gasteiger partial charge in [0.2, 0.25) is 0 Å². The summed E-state index contributed by atoms with van der Waals surface area (Å²) in [7, 11) is 1.56. The Labute approximate surface area is 210 Å². The lowest BCUT2D eigenvalue weighted by Gasteiger charge is -2.35. The first kappa shape index (κ1) is 22.6. The zero-order chi connectivity index (χ0) is 25.2. The number of allylic oxidation sites excluding steroid dienone is 1. The maximum absolute atomic E-state index is 10.6. The van der Waals surface area contributed by atoms with E-state index in [9.17, 15) is 5.11 Å². The number of aryl methyl sites for hydroxylation is 1. The summed E-state index contributed by atoms with van der Waals surface area (Å²) in [6.45, 7) is 9.24. The minimum Gasteiger partial charge on any atom is -0.504 e. The number of fused-ring (bicyclic) bond motifs is 6. The summed E-state index contributed by atoms with van der Waals surface area (Å²) in [5, 5.41) is 14.2. The molecule has 3 aromatic carbocycles. The Morgan fingerprint density at radius 2 is 1.89 bits per heavy atom. The van der Waals surface area contributed by atoms with Gasteiger partial charge in [-0.25, -0.2) is 0 Å². The number of methoxy groups -OCH3 is 1. The molecule has 6 rings (SSSR count). The molecule has 0 aromatic heterocycles. The lowest BCUT2D eigenvalue weighted by molar-refractivity contribution is -0.0165. The number of phenols is 1. The Balaban J connectivity index is 1.66. The minimum absolute atomic E-state index is 0.0728. The van der Waals surface area contributed by atoms with E-state index in [-0.39, 0.29) is 18.1 Å². The van der Waals surface area contributed by atoms with E-state index in [4.69, 9.17) is 18.9 Å². The molecule has 6 nitrogen and oxygen atoms in total. The number of aromatic hydroxyl groups is 1. The molecule has 3 aliphatic heterocycles.